The molecule has 0 bridgehead atoms. The highest BCUT2D eigenvalue weighted by Crippen LogP contribution is 2.23. The number of aryl methyl sites for hydroxylation is 1. The summed E-state index contributed by atoms with van der Waals surface area (Å²) in [6.07, 6.45) is 5.34. The van der Waals surface area contributed by atoms with Crippen LogP contribution in [0.4, 0.5) is 5.69 Å². The van der Waals surface area contributed by atoms with Gasteiger partial charge in [0.25, 0.3) is 5.91 Å². The normalized spacial score (nSPS) is 17.8. The fourth-order valence-corrected chi connectivity index (χ4v) is 4.34. The molecule has 0 unspecified atom stereocenters. The summed E-state index contributed by atoms with van der Waals surface area (Å²) in [5.41, 5.74) is 12.1. The van der Waals surface area contributed by atoms with E-state index in [1.54, 1.807) is 12.3 Å². The Hall–Kier alpha value is -4.20. The third kappa shape index (κ3) is 6.37. The average molecular weight is 512 g/mol. The highest BCUT2D eigenvalue weighted by molar-refractivity contribution is 6.41. The predicted octanol–water partition coefficient (Wildman–Crippen LogP) is 4.88. The molecule has 8 nitrogen and oxygen atoms in total. The van der Waals surface area contributed by atoms with E-state index in [1.165, 1.54) is 11.8 Å². The Kier molecular flexibility index (Phi) is 8.10. The van der Waals surface area contributed by atoms with Crippen LogP contribution in [-0.2, 0) is 12.0 Å². The number of anilines is 1. The summed E-state index contributed by atoms with van der Waals surface area (Å²) >= 11 is 0. The van der Waals surface area contributed by atoms with E-state index in [2.05, 4.69) is 77.1 Å². The predicted molar refractivity (Wildman–Crippen MR) is 157 cm³/mol. The maximum absolute atomic E-state index is 13.0. The molecular weight excluding hydrogens is 474 g/mol. The van der Waals surface area contributed by atoms with Crippen molar-refractivity contribution in [1.82, 2.24) is 10.2 Å². The molecule has 4 N–H and O–H groups in total. The van der Waals surface area contributed by atoms with Gasteiger partial charge in [-0.05, 0) is 54.0 Å². The molecule has 198 valence electrons. The lowest BCUT2D eigenvalue weighted by atomic mass is 9.87. The maximum atomic E-state index is 13.0. The molecule has 0 aromatic heterocycles. The minimum absolute atomic E-state index is 0.0913. The Morgan fingerprint density at radius 1 is 1.16 bits per heavy atom. The lowest BCUT2D eigenvalue weighted by Gasteiger charge is -2.21. The second-order valence-corrected chi connectivity index (χ2v) is 10.6. The molecule has 2 aliphatic heterocycles. The number of nitrogens with one attached hydrogen (secondary N) is 2. The van der Waals surface area contributed by atoms with Crippen molar-refractivity contribution in [3.8, 4) is 0 Å². The van der Waals surface area contributed by atoms with Crippen molar-refractivity contribution >= 4 is 29.5 Å². The fourth-order valence-electron chi connectivity index (χ4n) is 4.34. The van der Waals surface area contributed by atoms with Crippen molar-refractivity contribution < 1.29 is 4.79 Å². The third-order valence-corrected chi connectivity index (χ3v) is 6.67. The molecule has 8 heteroatoms. The minimum atomic E-state index is -0.160. The van der Waals surface area contributed by atoms with E-state index < -0.39 is 0 Å². The van der Waals surface area contributed by atoms with Gasteiger partial charge >= 0.3 is 0 Å². The van der Waals surface area contributed by atoms with E-state index in [9.17, 15) is 4.79 Å². The van der Waals surface area contributed by atoms with Crippen LogP contribution in [0.5, 0.6) is 0 Å². The fraction of sp³-hybridized carbons (Fsp3) is 0.333. The van der Waals surface area contributed by atoms with E-state index in [0.29, 0.717) is 35.3 Å². The van der Waals surface area contributed by atoms with Gasteiger partial charge < -0.3 is 21.3 Å². The zero-order valence-electron chi connectivity index (χ0n) is 22.7. The van der Waals surface area contributed by atoms with Crippen molar-refractivity contribution in [1.29, 1.82) is 0 Å². The minimum Gasteiger partial charge on any atom is -0.383 e. The van der Waals surface area contributed by atoms with Gasteiger partial charge in [-0.1, -0.05) is 57.7 Å². The number of hydrogen-bond acceptors (Lipinski definition) is 7. The second-order valence-electron chi connectivity index (χ2n) is 10.6. The first-order chi connectivity index (χ1) is 18.2. The molecule has 1 saturated heterocycles. The zero-order chi connectivity index (χ0) is 27.3. The van der Waals surface area contributed by atoms with Gasteiger partial charge in [-0.2, -0.15) is 0 Å². The summed E-state index contributed by atoms with van der Waals surface area (Å²) in [6, 6.07) is 13.8. The van der Waals surface area contributed by atoms with Gasteiger partial charge in [0.2, 0.25) is 5.96 Å². The first-order valence-corrected chi connectivity index (χ1v) is 13.0. The van der Waals surface area contributed by atoms with Crippen LogP contribution in [0.25, 0.3) is 0 Å². The van der Waals surface area contributed by atoms with Crippen molar-refractivity contribution in [3.63, 3.8) is 0 Å². The van der Waals surface area contributed by atoms with E-state index in [0.717, 1.165) is 42.7 Å². The molecule has 4 rings (SSSR count). The number of carbonyl (C=O) groups excluding carboxylic acids is 1. The van der Waals surface area contributed by atoms with Crippen LogP contribution in [-0.4, -0.2) is 41.8 Å². The molecule has 0 aliphatic carbocycles. The molecule has 0 atom stereocenters. The topological polar surface area (TPSA) is 107 Å². The average Bonchev–Trinajstić information content (AvgIpc) is 3.44. The molecule has 2 heterocycles. The summed E-state index contributed by atoms with van der Waals surface area (Å²) in [7, 11) is 0. The SMILES string of the molecule is C=C/N=C1/C=NC(N2CCCC2)=N/C1=C(/N)Nc1cc(C(=O)NCc2ccc(C(C)(C)C)cc2)ccc1C. The Labute approximate surface area is 225 Å². The van der Waals surface area contributed by atoms with Gasteiger partial charge in [-0.15, -0.1) is 0 Å². The number of rotatable bonds is 6. The summed E-state index contributed by atoms with van der Waals surface area (Å²) < 4.78 is 0. The number of aliphatic imine (C=N–C) groups is 3. The smallest absolute Gasteiger partial charge is 0.251 e. The van der Waals surface area contributed by atoms with E-state index in [1.807, 2.05) is 19.1 Å². The Balaban J connectivity index is 1.51. The number of guanidine groups is 1. The monoisotopic (exact) mass is 511 g/mol. The van der Waals surface area contributed by atoms with Crippen molar-refractivity contribution in [2.24, 2.45) is 20.7 Å². The van der Waals surface area contributed by atoms with Gasteiger partial charge in [0, 0.05) is 37.1 Å². The van der Waals surface area contributed by atoms with Crippen molar-refractivity contribution in [2.75, 3.05) is 18.4 Å². The van der Waals surface area contributed by atoms with Gasteiger partial charge in [0.05, 0.1) is 6.21 Å². The summed E-state index contributed by atoms with van der Waals surface area (Å²) in [4.78, 5) is 28.6. The molecule has 1 amide bonds. The summed E-state index contributed by atoms with van der Waals surface area (Å²) in [6.45, 7) is 14.5. The van der Waals surface area contributed by atoms with Crippen LogP contribution in [0.15, 0.2) is 81.7 Å². The molecule has 38 heavy (non-hydrogen) atoms. The molecule has 2 aromatic rings. The first kappa shape index (κ1) is 26.9. The van der Waals surface area contributed by atoms with Crippen LogP contribution < -0.4 is 16.4 Å². The number of nitrogens with two attached hydrogens (primary N) is 1. The standard InChI is InChI=1S/C30H37N7O/c1-6-32-25-19-34-29(37-15-7-8-16-37)36-26(25)27(31)35-24-17-22(12-9-20(24)2)28(38)33-18-21-10-13-23(14-11-21)30(3,4)5/h6,9-14,17,19,35H,1,7-8,15-16,18,31H2,2-5H3,(H,33,38)/b27-26-,32-25-. The maximum Gasteiger partial charge on any atom is 0.251 e. The molecule has 0 spiro atoms. The van der Waals surface area contributed by atoms with E-state index in [4.69, 9.17) is 10.7 Å². The summed E-state index contributed by atoms with van der Waals surface area (Å²) in [5, 5.41) is 6.26. The highest BCUT2D eigenvalue weighted by atomic mass is 16.1. The molecule has 2 aromatic carbocycles. The van der Waals surface area contributed by atoms with Gasteiger partial charge in [-0.3, -0.25) is 9.79 Å². The molecule has 2 aliphatic rings. The lowest BCUT2D eigenvalue weighted by molar-refractivity contribution is 0.0951. The van der Waals surface area contributed by atoms with Crippen molar-refractivity contribution in [2.45, 2.75) is 52.5 Å². The number of likely N-dealkylation sites (tertiary alicyclic amines) is 1. The molecular formula is C30H37N7O. The Morgan fingerprint density at radius 2 is 1.87 bits per heavy atom. The van der Waals surface area contributed by atoms with Crippen LogP contribution in [0.1, 0.15) is 60.7 Å². The number of amides is 1. The largest absolute Gasteiger partial charge is 0.383 e. The van der Waals surface area contributed by atoms with Gasteiger partial charge in [0.15, 0.2) is 0 Å². The summed E-state index contributed by atoms with van der Waals surface area (Å²) in [5.74, 6) is 0.797. The van der Waals surface area contributed by atoms with Crippen molar-refractivity contribution in [3.05, 3.63) is 89.0 Å². The third-order valence-electron chi connectivity index (χ3n) is 6.67. The molecule has 1 fully saturated rings. The highest BCUT2D eigenvalue weighted by Gasteiger charge is 2.22. The second kappa shape index (κ2) is 11.5. The number of nitrogens with zero attached hydrogens (tertiary/aromatic N) is 4. The Bertz CT molecular complexity index is 1320. The number of carbonyl (C=O) groups is 1. The lowest BCUT2D eigenvalue weighted by Crippen LogP contribution is -2.31. The Morgan fingerprint density at radius 3 is 2.53 bits per heavy atom. The number of hydrogen-bond donors (Lipinski definition) is 3. The molecule has 0 saturated carbocycles. The van der Waals surface area contributed by atoms with Crippen LogP contribution in [0, 0.1) is 6.92 Å². The number of benzene rings is 2. The zero-order valence-corrected chi connectivity index (χ0v) is 22.7. The van der Waals surface area contributed by atoms with Gasteiger partial charge in [-0.25, -0.2) is 9.98 Å². The van der Waals surface area contributed by atoms with E-state index in [-0.39, 0.29) is 11.3 Å². The van der Waals surface area contributed by atoms with Crippen LogP contribution >= 0.6 is 0 Å². The van der Waals surface area contributed by atoms with Crippen LogP contribution in [0.2, 0.25) is 0 Å². The molecule has 0 radical (unpaired) electrons. The van der Waals surface area contributed by atoms with Gasteiger partial charge in [0.1, 0.15) is 17.2 Å². The van der Waals surface area contributed by atoms with Crippen LogP contribution in [0.3, 0.4) is 0 Å². The quantitative estimate of drug-likeness (QED) is 0.514. The number of allylic oxidation sites excluding steroid dienone is 1. The first-order valence-electron chi connectivity index (χ1n) is 13.0. The van der Waals surface area contributed by atoms with E-state index >= 15 is 0 Å².